The second kappa shape index (κ2) is 7.85. The van der Waals surface area contributed by atoms with Crippen molar-refractivity contribution in [3.8, 4) is 11.5 Å². The lowest BCUT2D eigenvalue weighted by Crippen LogP contribution is -2.17. The zero-order chi connectivity index (χ0) is 16.8. The van der Waals surface area contributed by atoms with Gasteiger partial charge in [-0.25, -0.2) is 5.43 Å². The van der Waals surface area contributed by atoms with Gasteiger partial charge in [-0.2, -0.15) is 5.10 Å². The van der Waals surface area contributed by atoms with Gasteiger partial charge in [-0.1, -0.05) is 23.2 Å². The first-order valence-electron chi connectivity index (χ1n) is 6.75. The van der Waals surface area contributed by atoms with Gasteiger partial charge in [0.2, 0.25) is 0 Å². The molecule has 0 atom stereocenters. The summed E-state index contributed by atoms with van der Waals surface area (Å²) < 4.78 is 5.33. The van der Waals surface area contributed by atoms with Crippen LogP contribution in [0, 0.1) is 0 Å². The largest absolute Gasteiger partial charge is 0.508 e. The van der Waals surface area contributed by atoms with E-state index in [2.05, 4.69) is 10.5 Å². The van der Waals surface area contributed by atoms with Gasteiger partial charge < -0.3 is 9.84 Å². The lowest BCUT2D eigenvalue weighted by Gasteiger charge is -2.08. The van der Waals surface area contributed by atoms with Crippen LogP contribution >= 0.6 is 23.2 Å². The molecule has 2 rings (SSSR count). The van der Waals surface area contributed by atoms with Gasteiger partial charge >= 0.3 is 0 Å². The van der Waals surface area contributed by atoms with Crippen LogP contribution in [-0.2, 0) is 0 Å². The number of halogens is 2. The highest BCUT2D eigenvalue weighted by molar-refractivity contribution is 6.37. The molecule has 0 unspecified atom stereocenters. The average molecular weight is 353 g/mol. The van der Waals surface area contributed by atoms with Crippen LogP contribution in [0.25, 0.3) is 0 Å². The number of nitrogens with zero attached hydrogens (tertiary/aromatic N) is 1. The Morgan fingerprint density at radius 1 is 1.26 bits per heavy atom. The van der Waals surface area contributed by atoms with E-state index >= 15 is 0 Å². The third-order valence-electron chi connectivity index (χ3n) is 2.82. The number of benzene rings is 2. The van der Waals surface area contributed by atoms with Crippen LogP contribution in [0.15, 0.2) is 41.5 Å². The average Bonchev–Trinajstić information content (AvgIpc) is 2.51. The summed E-state index contributed by atoms with van der Waals surface area (Å²) in [5.74, 6) is 0.106. The molecule has 2 aromatic carbocycles. The number of nitrogens with one attached hydrogen (secondary N) is 1. The van der Waals surface area contributed by atoms with Gasteiger partial charge in [0.1, 0.15) is 5.75 Å². The van der Waals surface area contributed by atoms with Gasteiger partial charge in [0, 0.05) is 5.56 Å². The molecule has 0 aromatic heterocycles. The van der Waals surface area contributed by atoms with Crippen molar-refractivity contribution >= 4 is 35.3 Å². The molecule has 5 nitrogen and oxygen atoms in total. The molecule has 0 heterocycles. The van der Waals surface area contributed by atoms with Crippen molar-refractivity contribution in [2.45, 2.75) is 6.92 Å². The number of carbonyl (C=O) groups is 1. The normalized spacial score (nSPS) is 10.7. The number of phenolic OH excluding ortho intramolecular Hbond substituents is 1. The highest BCUT2D eigenvalue weighted by atomic mass is 35.5. The van der Waals surface area contributed by atoms with Crippen LogP contribution in [0.2, 0.25) is 10.0 Å². The number of hydrogen-bond donors (Lipinski definition) is 2. The lowest BCUT2D eigenvalue weighted by atomic mass is 10.2. The molecule has 23 heavy (non-hydrogen) atoms. The molecule has 2 aromatic rings. The molecular formula is C16H14Cl2N2O3. The Balaban J connectivity index is 2.05. The Kier molecular flexibility index (Phi) is 5.84. The Bertz CT molecular complexity index is 708. The Morgan fingerprint density at radius 3 is 2.43 bits per heavy atom. The fourth-order valence-electron chi connectivity index (χ4n) is 1.78. The van der Waals surface area contributed by atoms with E-state index in [0.717, 1.165) is 0 Å². The predicted molar refractivity (Wildman–Crippen MR) is 90.8 cm³/mol. The van der Waals surface area contributed by atoms with Crippen molar-refractivity contribution < 1.29 is 14.6 Å². The first-order chi connectivity index (χ1) is 11.0. The molecule has 0 bridgehead atoms. The fraction of sp³-hybridized carbons (Fsp3) is 0.125. The number of carbonyl (C=O) groups excluding carboxylic acids is 1. The second-order valence-corrected chi connectivity index (χ2v) is 5.31. The van der Waals surface area contributed by atoms with Crippen molar-refractivity contribution in [1.29, 1.82) is 0 Å². The molecule has 2 N–H and O–H groups in total. The number of ether oxygens (including phenoxy) is 1. The monoisotopic (exact) mass is 352 g/mol. The standard InChI is InChI=1S/C16H14Cl2N2O3/c1-2-23-15-13(17)7-10(8-14(15)18)9-19-20-16(22)11-3-5-12(21)6-4-11/h3-9,21H,2H2,1H3,(H,20,22)/b19-9-. The maximum absolute atomic E-state index is 11.8. The van der Waals surface area contributed by atoms with E-state index in [1.165, 1.54) is 30.5 Å². The van der Waals surface area contributed by atoms with Gasteiger partial charge in [-0.15, -0.1) is 0 Å². The fourth-order valence-corrected chi connectivity index (χ4v) is 2.39. The minimum atomic E-state index is -0.399. The van der Waals surface area contributed by atoms with Gasteiger partial charge in [0.25, 0.3) is 5.91 Å². The van der Waals surface area contributed by atoms with Gasteiger partial charge in [-0.05, 0) is 48.9 Å². The van der Waals surface area contributed by atoms with Crippen molar-refractivity contribution in [2.24, 2.45) is 5.10 Å². The van der Waals surface area contributed by atoms with Gasteiger partial charge in [0.15, 0.2) is 5.75 Å². The highest BCUT2D eigenvalue weighted by Crippen LogP contribution is 2.33. The number of phenols is 1. The van der Waals surface area contributed by atoms with Gasteiger partial charge in [0.05, 0.1) is 22.9 Å². The maximum Gasteiger partial charge on any atom is 0.271 e. The van der Waals surface area contributed by atoms with Crippen LogP contribution in [0.4, 0.5) is 0 Å². The molecule has 120 valence electrons. The summed E-state index contributed by atoms with van der Waals surface area (Å²) in [5, 5.41) is 13.8. The van der Waals surface area contributed by atoms with Crippen LogP contribution in [0.1, 0.15) is 22.8 Å². The summed E-state index contributed by atoms with van der Waals surface area (Å²) in [6.07, 6.45) is 1.42. The minimum Gasteiger partial charge on any atom is -0.508 e. The number of rotatable bonds is 5. The van der Waals surface area contributed by atoms with Gasteiger partial charge in [-0.3, -0.25) is 4.79 Å². The summed E-state index contributed by atoms with van der Waals surface area (Å²) in [6, 6.07) is 9.09. The zero-order valence-electron chi connectivity index (χ0n) is 12.2. The molecule has 7 heteroatoms. The molecule has 0 spiro atoms. The quantitative estimate of drug-likeness (QED) is 0.633. The van der Waals surface area contributed by atoms with E-state index in [9.17, 15) is 9.90 Å². The summed E-state index contributed by atoms with van der Waals surface area (Å²) in [6.45, 7) is 2.29. The third-order valence-corrected chi connectivity index (χ3v) is 3.38. The topological polar surface area (TPSA) is 70.9 Å². The van der Waals surface area contributed by atoms with Crippen LogP contribution < -0.4 is 10.2 Å². The number of amides is 1. The van der Waals surface area contributed by atoms with E-state index in [-0.39, 0.29) is 5.75 Å². The summed E-state index contributed by atoms with van der Waals surface area (Å²) >= 11 is 12.2. The first kappa shape index (κ1) is 17.1. The number of aromatic hydroxyl groups is 1. The Morgan fingerprint density at radius 2 is 1.87 bits per heavy atom. The first-order valence-corrected chi connectivity index (χ1v) is 7.51. The molecule has 1 amide bonds. The second-order valence-electron chi connectivity index (χ2n) is 4.49. The van der Waals surface area contributed by atoms with E-state index < -0.39 is 5.91 Å². The number of hydrogen-bond acceptors (Lipinski definition) is 4. The maximum atomic E-state index is 11.8. The molecule has 0 saturated heterocycles. The van der Waals surface area contributed by atoms with Crippen molar-refractivity contribution in [1.82, 2.24) is 5.43 Å². The SMILES string of the molecule is CCOc1c(Cl)cc(/C=N\NC(=O)c2ccc(O)cc2)cc1Cl. The van der Waals surface area contributed by atoms with Crippen molar-refractivity contribution in [3.05, 3.63) is 57.6 Å². The minimum absolute atomic E-state index is 0.0868. The van der Waals surface area contributed by atoms with E-state index in [4.69, 9.17) is 27.9 Å². The molecule has 0 aliphatic heterocycles. The third kappa shape index (κ3) is 4.61. The van der Waals surface area contributed by atoms with Crippen molar-refractivity contribution in [2.75, 3.05) is 6.61 Å². The smallest absolute Gasteiger partial charge is 0.271 e. The summed E-state index contributed by atoms with van der Waals surface area (Å²) in [5.41, 5.74) is 3.37. The van der Waals surface area contributed by atoms with Crippen LogP contribution in [-0.4, -0.2) is 23.8 Å². The summed E-state index contributed by atoms with van der Waals surface area (Å²) in [4.78, 5) is 11.8. The molecule has 0 aliphatic carbocycles. The van der Waals surface area contributed by atoms with Crippen molar-refractivity contribution in [3.63, 3.8) is 0 Å². The Labute approximate surface area is 143 Å². The van der Waals surface area contributed by atoms with E-state index in [1.807, 2.05) is 6.92 Å². The predicted octanol–water partition coefficient (Wildman–Crippen LogP) is 3.86. The highest BCUT2D eigenvalue weighted by Gasteiger charge is 2.08. The Hall–Kier alpha value is -2.24. The molecule has 0 fully saturated rings. The van der Waals surface area contributed by atoms with Crippen LogP contribution in [0.5, 0.6) is 11.5 Å². The van der Waals surface area contributed by atoms with E-state index in [1.54, 1.807) is 12.1 Å². The molecule has 0 saturated carbocycles. The number of hydrazone groups is 1. The molecular weight excluding hydrogens is 339 g/mol. The van der Waals surface area contributed by atoms with Crippen LogP contribution in [0.3, 0.4) is 0 Å². The van der Waals surface area contributed by atoms with E-state index in [0.29, 0.717) is 33.5 Å². The molecule has 0 aliphatic rings. The molecule has 0 radical (unpaired) electrons. The lowest BCUT2D eigenvalue weighted by molar-refractivity contribution is 0.0955. The summed E-state index contributed by atoms with van der Waals surface area (Å²) in [7, 11) is 0. The zero-order valence-corrected chi connectivity index (χ0v) is 13.7.